The highest BCUT2D eigenvalue weighted by Gasteiger charge is 2.09. The summed E-state index contributed by atoms with van der Waals surface area (Å²) in [6.45, 7) is 3.66. The lowest BCUT2D eigenvalue weighted by molar-refractivity contribution is -0.384. The van der Waals surface area contributed by atoms with Gasteiger partial charge in [0, 0.05) is 31.6 Å². The number of carbonyl (C=O) groups is 1. The summed E-state index contributed by atoms with van der Waals surface area (Å²) in [7, 11) is 0. The number of nitrogens with zero attached hydrogens (tertiary/aromatic N) is 1. The molecule has 0 saturated carbocycles. The molecule has 2 aromatic carbocycles. The van der Waals surface area contributed by atoms with E-state index in [1.54, 1.807) is 12.1 Å². The van der Waals surface area contributed by atoms with E-state index in [-0.39, 0.29) is 16.7 Å². The van der Waals surface area contributed by atoms with Gasteiger partial charge in [0.1, 0.15) is 0 Å². The van der Waals surface area contributed by atoms with Crippen molar-refractivity contribution in [3.05, 3.63) is 75.8 Å². The zero-order valence-electron chi connectivity index (χ0n) is 15.5. The molecule has 0 unspecified atom stereocenters. The van der Waals surface area contributed by atoms with Crippen molar-refractivity contribution in [2.24, 2.45) is 0 Å². The predicted molar refractivity (Wildman–Crippen MR) is 104 cm³/mol. The van der Waals surface area contributed by atoms with Gasteiger partial charge in [-0.3, -0.25) is 14.9 Å². The SMILES string of the molecule is CC(=O)O.C[C@@H](CCc1ccc([N+](=O)[O-])cc1)NC[C@H](O)c1ccccc1. The molecule has 7 nitrogen and oxygen atoms in total. The van der Waals surface area contributed by atoms with Crippen LogP contribution in [0.4, 0.5) is 5.69 Å². The molecular formula is C20H26N2O5. The summed E-state index contributed by atoms with van der Waals surface area (Å²) in [6.07, 6.45) is 1.23. The first-order chi connectivity index (χ1) is 12.8. The molecule has 2 atom stereocenters. The van der Waals surface area contributed by atoms with Crippen LogP contribution >= 0.6 is 0 Å². The average Bonchev–Trinajstić information content (AvgIpc) is 2.65. The molecule has 0 radical (unpaired) electrons. The molecule has 0 fully saturated rings. The molecule has 0 spiro atoms. The van der Waals surface area contributed by atoms with Crippen molar-refractivity contribution in [1.29, 1.82) is 0 Å². The van der Waals surface area contributed by atoms with Gasteiger partial charge in [0.25, 0.3) is 11.7 Å². The van der Waals surface area contributed by atoms with Crippen molar-refractivity contribution in [2.75, 3.05) is 6.54 Å². The van der Waals surface area contributed by atoms with Crippen LogP contribution in [0.3, 0.4) is 0 Å². The molecule has 0 heterocycles. The first-order valence-electron chi connectivity index (χ1n) is 8.69. The van der Waals surface area contributed by atoms with E-state index < -0.39 is 12.1 Å². The Morgan fingerprint density at radius 3 is 2.22 bits per heavy atom. The van der Waals surface area contributed by atoms with Crippen LogP contribution in [-0.2, 0) is 11.2 Å². The summed E-state index contributed by atoms with van der Waals surface area (Å²) in [5, 5.41) is 31.5. The number of carboxylic acids is 1. The van der Waals surface area contributed by atoms with Gasteiger partial charge in [-0.1, -0.05) is 42.5 Å². The number of non-ortho nitro benzene ring substituents is 1. The van der Waals surface area contributed by atoms with Gasteiger partial charge < -0.3 is 15.5 Å². The van der Waals surface area contributed by atoms with Crippen molar-refractivity contribution in [3.63, 3.8) is 0 Å². The number of aliphatic hydroxyl groups is 1. The molecular weight excluding hydrogens is 348 g/mol. The molecule has 0 aliphatic rings. The van der Waals surface area contributed by atoms with E-state index in [1.165, 1.54) is 12.1 Å². The topological polar surface area (TPSA) is 113 Å². The zero-order chi connectivity index (χ0) is 20.2. The molecule has 0 aliphatic heterocycles. The Kier molecular flexibility index (Phi) is 9.71. The highest BCUT2D eigenvalue weighted by atomic mass is 16.6. The number of carboxylic acid groups (broad SMARTS) is 1. The van der Waals surface area contributed by atoms with E-state index in [1.807, 2.05) is 30.3 Å². The maximum absolute atomic E-state index is 10.6. The highest BCUT2D eigenvalue weighted by Crippen LogP contribution is 2.14. The molecule has 2 rings (SSSR count). The van der Waals surface area contributed by atoms with Crippen molar-refractivity contribution >= 4 is 11.7 Å². The van der Waals surface area contributed by atoms with Gasteiger partial charge in [0.05, 0.1) is 11.0 Å². The Morgan fingerprint density at radius 2 is 1.70 bits per heavy atom. The van der Waals surface area contributed by atoms with Crippen LogP contribution in [0.15, 0.2) is 54.6 Å². The standard InChI is InChI=1S/C18H22N2O3.C2H4O2/c1-14(19-13-18(21)16-5-3-2-4-6-16)7-8-15-9-11-17(12-10-15)20(22)23;1-2(3)4/h2-6,9-12,14,18-19,21H,7-8,13H2,1H3;1H3,(H,3,4)/t14-,18-;/m0./s1. The molecule has 146 valence electrons. The van der Waals surface area contributed by atoms with E-state index in [4.69, 9.17) is 9.90 Å². The maximum atomic E-state index is 10.6. The number of hydrogen-bond acceptors (Lipinski definition) is 5. The van der Waals surface area contributed by atoms with E-state index in [0.29, 0.717) is 6.54 Å². The molecule has 0 saturated heterocycles. The molecule has 0 amide bonds. The van der Waals surface area contributed by atoms with Crippen LogP contribution in [0.2, 0.25) is 0 Å². The summed E-state index contributed by atoms with van der Waals surface area (Å²) in [6, 6.07) is 16.5. The highest BCUT2D eigenvalue weighted by molar-refractivity contribution is 5.62. The maximum Gasteiger partial charge on any atom is 0.300 e. The number of nitro groups is 1. The number of aliphatic hydroxyl groups excluding tert-OH is 1. The minimum atomic E-state index is -0.833. The first kappa shape index (κ1) is 22.3. The van der Waals surface area contributed by atoms with Crippen LogP contribution in [0.25, 0.3) is 0 Å². The molecule has 27 heavy (non-hydrogen) atoms. The van der Waals surface area contributed by atoms with E-state index >= 15 is 0 Å². The number of aliphatic carboxylic acids is 1. The second-order valence-electron chi connectivity index (χ2n) is 6.22. The number of rotatable bonds is 8. The minimum absolute atomic E-state index is 0.117. The molecule has 0 bridgehead atoms. The Labute approximate surface area is 158 Å². The normalized spacial score (nSPS) is 12.4. The Morgan fingerprint density at radius 1 is 1.15 bits per heavy atom. The molecule has 7 heteroatoms. The van der Waals surface area contributed by atoms with Gasteiger partial charge in [0.15, 0.2) is 0 Å². The first-order valence-corrected chi connectivity index (χ1v) is 8.69. The van der Waals surface area contributed by atoms with E-state index in [2.05, 4.69) is 12.2 Å². The van der Waals surface area contributed by atoms with Gasteiger partial charge in [-0.05, 0) is 30.9 Å². The third kappa shape index (κ3) is 9.48. The number of aryl methyl sites for hydroxylation is 1. The van der Waals surface area contributed by atoms with Crippen molar-refractivity contribution in [1.82, 2.24) is 5.32 Å². The summed E-state index contributed by atoms with van der Waals surface area (Å²) in [5.74, 6) is -0.833. The average molecular weight is 374 g/mol. The van der Waals surface area contributed by atoms with Crippen molar-refractivity contribution in [2.45, 2.75) is 38.8 Å². The Bertz CT molecular complexity index is 700. The van der Waals surface area contributed by atoms with Crippen LogP contribution in [-0.4, -0.2) is 33.7 Å². The number of nitrogens with one attached hydrogen (secondary N) is 1. The molecule has 2 aromatic rings. The third-order valence-electron chi connectivity index (χ3n) is 3.86. The fraction of sp³-hybridized carbons (Fsp3) is 0.350. The van der Waals surface area contributed by atoms with Gasteiger partial charge in [-0.15, -0.1) is 0 Å². The molecule has 3 N–H and O–H groups in total. The van der Waals surface area contributed by atoms with Crippen molar-refractivity contribution < 1.29 is 19.9 Å². The summed E-state index contributed by atoms with van der Waals surface area (Å²) in [4.78, 5) is 19.2. The second kappa shape index (κ2) is 11.8. The second-order valence-corrected chi connectivity index (χ2v) is 6.22. The number of nitro benzene ring substituents is 1. The predicted octanol–water partition coefficient (Wildman–Crippen LogP) is 3.33. The van der Waals surface area contributed by atoms with Gasteiger partial charge in [-0.2, -0.15) is 0 Å². The number of hydrogen-bond donors (Lipinski definition) is 3. The quantitative estimate of drug-likeness (QED) is 0.482. The lowest BCUT2D eigenvalue weighted by Gasteiger charge is -2.17. The van der Waals surface area contributed by atoms with Gasteiger partial charge >= 0.3 is 0 Å². The number of benzene rings is 2. The van der Waals surface area contributed by atoms with E-state index in [9.17, 15) is 15.2 Å². The Hall–Kier alpha value is -2.77. The fourth-order valence-corrected chi connectivity index (χ4v) is 2.38. The Balaban J connectivity index is 0.000000828. The molecule has 0 aromatic heterocycles. The summed E-state index contributed by atoms with van der Waals surface area (Å²) >= 11 is 0. The minimum Gasteiger partial charge on any atom is -0.481 e. The van der Waals surface area contributed by atoms with Gasteiger partial charge in [0.2, 0.25) is 0 Å². The lowest BCUT2D eigenvalue weighted by atomic mass is 10.0. The van der Waals surface area contributed by atoms with Crippen LogP contribution in [0.1, 0.15) is 37.5 Å². The van der Waals surface area contributed by atoms with Crippen molar-refractivity contribution in [3.8, 4) is 0 Å². The van der Waals surface area contributed by atoms with Crippen LogP contribution in [0, 0.1) is 10.1 Å². The van der Waals surface area contributed by atoms with Crippen LogP contribution in [0.5, 0.6) is 0 Å². The summed E-state index contributed by atoms with van der Waals surface area (Å²) < 4.78 is 0. The van der Waals surface area contributed by atoms with Crippen LogP contribution < -0.4 is 5.32 Å². The fourth-order valence-electron chi connectivity index (χ4n) is 2.38. The zero-order valence-corrected chi connectivity index (χ0v) is 15.5. The monoisotopic (exact) mass is 374 g/mol. The smallest absolute Gasteiger partial charge is 0.300 e. The largest absolute Gasteiger partial charge is 0.481 e. The summed E-state index contributed by atoms with van der Waals surface area (Å²) in [5.41, 5.74) is 2.10. The molecule has 0 aliphatic carbocycles. The lowest BCUT2D eigenvalue weighted by Crippen LogP contribution is -2.30. The third-order valence-corrected chi connectivity index (χ3v) is 3.86. The van der Waals surface area contributed by atoms with Gasteiger partial charge in [-0.25, -0.2) is 0 Å². The van der Waals surface area contributed by atoms with E-state index in [0.717, 1.165) is 30.9 Å².